The van der Waals surface area contributed by atoms with Gasteiger partial charge in [0.15, 0.2) is 5.78 Å². The first kappa shape index (κ1) is 15.5. The molecule has 2 saturated heterocycles. The molecule has 0 aromatic heterocycles. The van der Waals surface area contributed by atoms with Crippen LogP contribution in [0.5, 0.6) is 0 Å². The number of hydrogen-bond acceptors (Lipinski definition) is 4. The standard InChI is InChI=1S/C16H19N3O4/c1-10-3-2-4-11(5-10)17-16(23)19-9-12(20)6-14(19)15(22)18-7-13(21)8-18/h2-5,13-14,21H,6-9H2,1H3,(H,17,23). The highest BCUT2D eigenvalue weighted by Crippen LogP contribution is 2.21. The third-order valence-electron chi connectivity index (χ3n) is 4.13. The second-order valence-electron chi connectivity index (χ2n) is 6.08. The highest BCUT2D eigenvalue weighted by molar-refractivity contribution is 6.01. The Morgan fingerprint density at radius 1 is 1.30 bits per heavy atom. The quantitative estimate of drug-likeness (QED) is 0.825. The average Bonchev–Trinajstić information content (AvgIpc) is 2.85. The van der Waals surface area contributed by atoms with Gasteiger partial charge in [-0.2, -0.15) is 0 Å². The molecule has 1 unspecified atom stereocenters. The monoisotopic (exact) mass is 317 g/mol. The Balaban J connectivity index is 1.70. The van der Waals surface area contributed by atoms with Crippen LogP contribution in [-0.4, -0.2) is 64.4 Å². The molecule has 1 aromatic rings. The fourth-order valence-electron chi connectivity index (χ4n) is 2.89. The molecule has 0 spiro atoms. The fourth-order valence-corrected chi connectivity index (χ4v) is 2.89. The van der Waals surface area contributed by atoms with E-state index in [0.717, 1.165) is 5.56 Å². The van der Waals surface area contributed by atoms with Gasteiger partial charge in [0.25, 0.3) is 0 Å². The predicted molar refractivity (Wildman–Crippen MR) is 82.9 cm³/mol. The van der Waals surface area contributed by atoms with Gasteiger partial charge in [-0.1, -0.05) is 12.1 Å². The zero-order valence-corrected chi connectivity index (χ0v) is 12.9. The van der Waals surface area contributed by atoms with Crippen LogP contribution in [0, 0.1) is 6.92 Å². The van der Waals surface area contributed by atoms with Crippen LogP contribution in [0.4, 0.5) is 10.5 Å². The molecule has 3 amide bonds. The van der Waals surface area contributed by atoms with E-state index >= 15 is 0 Å². The normalized spacial score (nSPS) is 21.3. The Morgan fingerprint density at radius 2 is 2.04 bits per heavy atom. The Morgan fingerprint density at radius 3 is 2.70 bits per heavy atom. The number of nitrogens with zero attached hydrogens (tertiary/aromatic N) is 2. The number of aryl methyl sites for hydroxylation is 1. The van der Waals surface area contributed by atoms with Crippen molar-refractivity contribution in [3.63, 3.8) is 0 Å². The Kier molecular flexibility index (Phi) is 4.04. The summed E-state index contributed by atoms with van der Waals surface area (Å²) in [4.78, 5) is 39.3. The highest BCUT2D eigenvalue weighted by Gasteiger charge is 2.43. The molecule has 122 valence electrons. The van der Waals surface area contributed by atoms with E-state index in [4.69, 9.17) is 0 Å². The van der Waals surface area contributed by atoms with Gasteiger partial charge in [0.2, 0.25) is 5.91 Å². The Hall–Kier alpha value is -2.41. The lowest BCUT2D eigenvalue weighted by molar-refractivity contribution is -0.145. The zero-order valence-electron chi connectivity index (χ0n) is 12.9. The van der Waals surface area contributed by atoms with Gasteiger partial charge in [-0.25, -0.2) is 4.79 Å². The van der Waals surface area contributed by atoms with Gasteiger partial charge in [0.1, 0.15) is 6.04 Å². The molecule has 1 aromatic carbocycles. The maximum atomic E-state index is 12.4. The number of urea groups is 1. The number of anilines is 1. The second-order valence-corrected chi connectivity index (χ2v) is 6.08. The number of aliphatic hydroxyl groups excluding tert-OH is 1. The van der Waals surface area contributed by atoms with E-state index in [-0.39, 0.29) is 37.7 Å². The molecule has 2 aliphatic heterocycles. The fraction of sp³-hybridized carbons (Fsp3) is 0.438. The molecular weight excluding hydrogens is 298 g/mol. The van der Waals surface area contributed by atoms with Gasteiger partial charge in [0.05, 0.1) is 12.6 Å². The van der Waals surface area contributed by atoms with E-state index in [1.165, 1.54) is 9.80 Å². The summed E-state index contributed by atoms with van der Waals surface area (Å²) >= 11 is 0. The summed E-state index contributed by atoms with van der Waals surface area (Å²) < 4.78 is 0. The van der Waals surface area contributed by atoms with Crippen LogP contribution >= 0.6 is 0 Å². The summed E-state index contributed by atoms with van der Waals surface area (Å²) in [5, 5.41) is 12.0. The molecule has 2 N–H and O–H groups in total. The molecule has 7 nitrogen and oxygen atoms in total. The number of amides is 3. The van der Waals surface area contributed by atoms with E-state index in [1.807, 2.05) is 25.1 Å². The maximum Gasteiger partial charge on any atom is 0.322 e. The molecule has 0 radical (unpaired) electrons. The minimum absolute atomic E-state index is 0.0344. The van der Waals surface area contributed by atoms with Crippen LogP contribution in [0.2, 0.25) is 0 Å². The van der Waals surface area contributed by atoms with Crippen LogP contribution in [0.15, 0.2) is 24.3 Å². The number of carbonyl (C=O) groups excluding carboxylic acids is 3. The lowest BCUT2D eigenvalue weighted by Gasteiger charge is -2.38. The molecule has 0 saturated carbocycles. The van der Waals surface area contributed by atoms with E-state index in [2.05, 4.69) is 5.32 Å². The molecule has 2 fully saturated rings. The summed E-state index contributed by atoms with van der Waals surface area (Å²) in [5.41, 5.74) is 1.63. The number of likely N-dealkylation sites (tertiary alicyclic amines) is 2. The molecule has 1 atom stereocenters. The average molecular weight is 317 g/mol. The summed E-state index contributed by atoms with van der Waals surface area (Å²) in [5.74, 6) is -0.413. The number of benzene rings is 1. The summed E-state index contributed by atoms with van der Waals surface area (Å²) in [6.45, 7) is 2.37. The predicted octanol–water partition coefficient (Wildman–Crippen LogP) is 0.373. The topological polar surface area (TPSA) is 90.0 Å². The smallest absolute Gasteiger partial charge is 0.322 e. The van der Waals surface area contributed by atoms with Crippen LogP contribution in [0.25, 0.3) is 0 Å². The van der Waals surface area contributed by atoms with Crippen molar-refractivity contribution >= 4 is 23.4 Å². The molecule has 2 heterocycles. The Labute approximate surface area is 133 Å². The van der Waals surface area contributed by atoms with Crippen molar-refractivity contribution in [2.75, 3.05) is 25.0 Å². The SMILES string of the molecule is Cc1cccc(NC(=O)N2CC(=O)CC2C(=O)N2CC(O)C2)c1. The van der Waals surface area contributed by atoms with E-state index in [1.54, 1.807) is 6.07 Å². The van der Waals surface area contributed by atoms with Gasteiger partial charge < -0.3 is 20.2 Å². The third-order valence-corrected chi connectivity index (χ3v) is 4.13. The number of rotatable bonds is 2. The van der Waals surface area contributed by atoms with Gasteiger partial charge in [-0.3, -0.25) is 9.59 Å². The van der Waals surface area contributed by atoms with Crippen LogP contribution < -0.4 is 5.32 Å². The highest BCUT2D eigenvalue weighted by atomic mass is 16.3. The van der Waals surface area contributed by atoms with Crippen LogP contribution in [0.1, 0.15) is 12.0 Å². The maximum absolute atomic E-state index is 12.4. The van der Waals surface area contributed by atoms with E-state index in [9.17, 15) is 19.5 Å². The molecule has 0 bridgehead atoms. The van der Waals surface area contributed by atoms with E-state index < -0.39 is 18.2 Å². The molecule has 7 heteroatoms. The van der Waals surface area contributed by atoms with Crippen LogP contribution in [-0.2, 0) is 9.59 Å². The lowest BCUT2D eigenvalue weighted by atomic mass is 10.1. The van der Waals surface area contributed by atoms with Crippen molar-refractivity contribution in [1.82, 2.24) is 9.80 Å². The molecule has 3 rings (SSSR count). The Bertz CT molecular complexity index is 654. The number of β-amino-alcohol motifs (C(OH)–C–C–N with tert-alkyl or cyclic N) is 1. The number of Topliss-reactive ketones (excluding diaryl/α,β-unsaturated/α-hetero) is 1. The number of carbonyl (C=O) groups is 3. The number of ketones is 1. The van der Waals surface area contributed by atoms with Gasteiger partial charge in [0, 0.05) is 25.2 Å². The van der Waals surface area contributed by atoms with Crippen molar-refractivity contribution in [2.45, 2.75) is 25.5 Å². The van der Waals surface area contributed by atoms with Crippen molar-refractivity contribution in [3.8, 4) is 0 Å². The van der Waals surface area contributed by atoms with Crippen molar-refractivity contribution in [2.24, 2.45) is 0 Å². The molecule has 23 heavy (non-hydrogen) atoms. The van der Waals surface area contributed by atoms with Gasteiger partial charge in [-0.05, 0) is 24.6 Å². The first-order valence-electron chi connectivity index (χ1n) is 7.57. The first-order chi connectivity index (χ1) is 10.9. The van der Waals surface area contributed by atoms with Crippen molar-refractivity contribution < 1.29 is 19.5 Å². The van der Waals surface area contributed by atoms with Crippen LogP contribution in [0.3, 0.4) is 0 Å². The lowest BCUT2D eigenvalue weighted by Crippen LogP contribution is -2.59. The van der Waals surface area contributed by atoms with Crippen molar-refractivity contribution in [1.29, 1.82) is 0 Å². The second kappa shape index (κ2) is 6.00. The summed E-state index contributed by atoms with van der Waals surface area (Å²) in [6, 6.07) is 6.07. The van der Waals surface area contributed by atoms with Gasteiger partial charge >= 0.3 is 6.03 Å². The zero-order chi connectivity index (χ0) is 16.6. The minimum atomic E-state index is -0.778. The number of aliphatic hydroxyl groups is 1. The van der Waals surface area contributed by atoms with E-state index in [0.29, 0.717) is 5.69 Å². The first-order valence-corrected chi connectivity index (χ1v) is 7.57. The summed E-state index contributed by atoms with van der Waals surface area (Å²) in [6.07, 6.45) is -0.474. The van der Waals surface area contributed by atoms with Gasteiger partial charge in [-0.15, -0.1) is 0 Å². The third kappa shape index (κ3) is 3.19. The minimum Gasteiger partial charge on any atom is -0.389 e. The summed E-state index contributed by atoms with van der Waals surface area (Å²) in [7, 11) is 0. The molecule has 0 aliphatic carbocycles. The molecular formula is C16H19N3O4. The number of nitrogens with one attached hydrogen (secondary N) is 1. The number of hydrogen-bond donors (Lipinski definition) is 2. The molecule has 2 aliphatic rings. The van der Waals surface area contributed by atoms with Crippen molar-refractivity contribution in [3.05, 3.63) is 29.8 Å². The largest absolute Gasteiger partial charge is 0.389 e.